The molecule has 0 aliphatic heterocycles. The van der Waals surface area contributed by atoms with E-state index in [1.54, 1.807) is 6.92 Å². The number of aromatic amines is 1. The first-order valence-electron chi connectivity index (χ1n) is 3.71. The zero-order chi connectivity index (χ0) is 9.84. The molecule has 0 saturated carbocycles. The van der Waals surface area contributed by atoms with Gasteiger partial charge in [0.15, 0.2) is 4.77 Å². The molecule has 7 heteroatoms. The number of nitrogen functional groups attached to an aromatic ring is 1. The Morgan fingerprint density at radius 3 is 3.00 bits per heavy atom. The van der Waals surface area contributed by atoms with E-state index in [2.05, 4.69) is 10.2 Å². The summed E-state index contributed by atoms with van der Waals surface area (Å²) < 4.78 is 6.40. The van der Waals surface area contributed by atoms with Gasteiger partial charge in [-0.25, -0.2) is 5.10 Å². The van der Waals surface area contributed by atoms with Crippen LogP contribution in [0, 0.1) is 4.77 Å². The minimum atomic E-state index is -0.383. The lowest BCUT2D eigenvalue weighted by Gasteiger charge is -2.02. The van der Waals surface area contributed by atoms with Crippen molar-refractivity contribution in [3.8, 4) is 0 Å². The number of anilines is 1. The smallest absolute Gasteiger partial charge is 0.326 e. The molecular weight excluding hydrogens is 192 g/mol. The van der Waals surface area contributed by atoms with Crippen molar-refractivity contribution in [1.29, 1.82) is 0 Å². The number of carbonyl (C=O) groups is 1. The highest BCUT2D eigenvalue weighted by Crippen LogP contribution is 1.99. The maximum atomic E-state index is 11.0. The van der Waals surface area contributed by atoms with Crippen molar-refractivity contribution >= 4 is 24.1 Å². The molecule has 1 rings (SSSR count). The van der Waals surface area contributed by atoms with Crippen molar-refractivity contribution < 1.29 is 9.53 Å². The lowest BCUT2D eigenvalue weighted by molar-refractivity contribution is -0.143. The second-order valence-electron chi connectivity index (χ2n) is 2.28. The van der Waals surface area contributed by atoms with Gasteiger partial charge >= 0.3 is 5.97 Å². The van der Waals surface area contributed by atoms with E-state index in [-0.39, 0.29) is 18.5 Å². The van der Waals surface area contributed by atoms with E-state index in [0.29, 0.717) is 11.4 Å². The van der Waals surface area contributed by atoms with Crippen LogP contribution in [0.5, 0.6) is 0 Å². The Balaban J connectivity index is 2.74. The minimum absolute atomic E-state index is 0.00495. The molecule has 13 heavy (non-hydrogen) atoms. The summed E-state index contributed by atoms with van der Waals surface area (Å²) in [6, 6.07) is 0. The molecule has 3 N–H and O–H groups in total. The van der Waals surface area contributed by atoms with E-state index >= 15 is 0 Å². The quantitative estimate of drug-likeness (QED) is 0.535. The number of hydrogen-bond donors (Lipinski definition) is 2. The van der Waals surface area contributed by atoms with Gasteiger partial charge in [0.2, 0.25) is 5.95 Å². The van der Waals surface area contributed by atoms with Crippen molar-refractivity contribution in [3.63, 3.8) is 0 Å². The average Bonchev–Trinajstić information content (AvgIpc) is 2.36. The Bertz CT molecular complexity index is 356. The van der Waals surface area contributed by atoms with Gasteiger partial charge in [0.1, 0.15) is 6.54 Å². The number of esters is 1. The molecule has 0 atom stereocenters. The first-order chi connectivity index (χ1) is 6.15. The molecule has 72 valence electrons. The Kier molecular flexibility index (Phi) is 3.02. The van der Waals surface area contributed by atoms with Crippen LogP contribution < -0.4 is 5.73 Å². The summed E-state index contributed by atoms with van der Waals surface area (Å²) in [4.78, 5) is 11.0. The van der Waals surface area contributed by atoms with Crippen molar-refractivity contribution in [2.24, 2.45) is 0 Å². The number of nitrogens with two attached hydrogens (primary N) is 1. The van der Waals surface area contributed by atoms with Crippen LogP contribution in [0.4, 0.5) is 5.95 Å². The van der Waals surface area contributed by atoms with Crippen LogP contribution in [0.3, 0.4) is 0 Å². The van der Waals surface area contributed by atoms with E-state index in [0.717, 1.165) is 0 Å². The molecule has 1 aromatic rings. The molecule has 0 fully saturated rings. The predicted molar refractivity (Wildman–Crippen MR) is 48.5 cm³/mol. The molecule has 0 amide bonds. The predicted octanol–water partition coefficient (Wildman–Crippen LogP) is 0.0860. The van der Waals surface area contributed by atoms with Crippen LogP contribution in [0.25, 0.3) is 0 Å². The third-order valence-corrected chi connectivity index (χ3v) is 1.69. The van der Waals surface area contributed by atoms with Gasteiger partial charge in [0, 0.05) is 0 Å². The molecule has 0 unspecified atom stereocenters. The molecule has 0 bridgehead atoms. The Morgan fingerprint density at radius 1 is 1.85 bits per heavy atom. The molecule has 1 aromatic heterocycles. The number of nitrogens with zero attached hydrogens (tertiary/aromatic N) is 2. The van der Waals surface area contributed by atoms with E-state index in [4.69, 9.17) is 22.7 Å². The zero-order valence-electron chi connectivity index (χ0n) is 7.11. The first-order valence-corrected chi connectivity index (χ1v) is 4.12. The third-order valence-electron chi connectivity index (χ3n) is 1.38. The Morgan fingerprint density at radius 2 is 2.54 bits per heavy atom. The second-order valence-corrected chi connectivity index (χ2v) is 2.66. The highest BCUT2D eigenvalue weighted by molar-refractivity contribution is 7.71. The molecule has 0 aliphatic rings. The van der Waals surface area contributed by atoms with Crippen molar-refractivity contribution in [3.05, 3.63) is 4.77 Å². The second kappa shape index (κ2) is 4.04. The number of H-pyrrole nitrogens is 1. The zero-order valence-corrected chi connectivity index (χ0v) is 7.93. The monoisotopic (exact) mass is 202 g/mol. The normalized spacial score (nSPS) is 9.92. The number of rotatable bonds is 3. The molecular formula is C6H10N4O2S. The fourth-order valence-electron chi connectivity index (χ4n) is 0.818. The van der Waals surface area contributed by atoms with Gasteiger partial charge < -0.3 is 10.5 Å². The highest BCUT2D eigenvalue weighted by Gasteiger charge is 2.07. The average molecular weight is 202 g/mol. The summed E-state index contributed by atoms with van der Waals surface area (Å²) in [5, 5.41) is 6.11. The topological polar surface area (TPSA) is 85.9 Å². The van der Waals surface area contributed by atoms with Gasteiger partial charge in [-0.3, -0.25) is 9.36 Å². The van der Waals surface area contributed by atoms with E-state index < -0.39 is 0 Å². The van der Waals surface area contributed by atoms with E-state index in [1.807, 2.05) is 0 Å². The maximum absolute atomic E-state index is 11.0. The molecule has 6 nitrogen and oxygen atoms in total. The number of hydrogen-bond acceptors (Lipinski definition) is 5. The van der Waals surface area contributed by atoms with Gasteiger partial charge in [0.05, 0.1) is 6.61 Å². The lowest BCUT2D eigenvalue weighted by atomic mass is 10.6. The summed E-state index contributed by atoms with van der Waals surface area (Å²) in [7, 11) is 0. The van der Waals surface area contributed by atoms with Crippen molar-refractivity contribution in [2.45, 2.75) is 13.5 Å². The fourth-order valence-corrected chi connectivity index (χ4v) is 1.02. The molecule has 1 heterocycles. The van der Waals surface area contributed by atoms with Crippen molar-refractivity contribution in [1.82, 2.24) is 14.8 Å². The number of nitrogens with one attached hydrogen (secondary N) is 1. The SMILES string of the molecule is CCOC(=O)Cn1c(N)n[nH]c1=S. The minimum Gasteiger partial charge on any atom is -0.465 e. The molecule has 0 aliphatic carbocycles. The van der Waals surface area contributed by atoms with Gasteiger partial charge in [-0.1, -0.05) is 0 Å². The maximum Gasteiger partial charge on any atom is 0.326 e. The van der Waals surface area contributed by atoms with Crippen molar-refractivity contribution in [2.75, 3.05) is 12.3 Å². The van der Waals surface area contributed by atoms with Gasteiger partial charge in [0.25, 0.3) is 0 Å². The third kappa shape index (κ3) is 2.28. The van der Waals surface area contributed by atoms with Crippen LogP contribution in [0.2, 0.25) is 0 Å². The van der Waals surface area contributed by atoms with Crippen LogP contribution in [0.15, 0.2) is 0 Å². The largest absolute Gasteiger partial charge is 0.465 e. The summed E-state index contributed by atoms with van der Waals surface area (Å²) in [6.07, 6.45) is 0. The molecule has 0 radical (unpaired) electrons. The van der Waals surface area contributed by atoms with Gasteiger partial charge in [-0.2, -0.15) is 0 Å². The summed E-state index contributed by atoms with van der Waals surface area (Å²) in [5.74, 6) is -0.204. The summed E-state index contributed by atoms with van der Waals surface area (Å²) >= 11 is 4.83. The standard InChI is InChI=1S/C6H10N4O2S/c1-2-12-4(11)3-10-5(7)8-9-6(10)13/h2-3H2,1H3,(H2,7,8)(H,9,13). The number of ether oxygens (including phenoxy) is 1. The van der Waals surface area contributed by atoms with Gasteiger partial charge in [-0.05, 0) is 19.1 Å². The summed E-state index contributed by atoms with van der Waals surface area (Å²) in [5.41, 5.74) is 5.43. The molecule has 0 aromatic carbocycles. The Labute approximate surface area is 79.7 Å². The summed E-state index contributed by atoms with van der Waals surface area (Å²) in [6.45, 7) is 2.06. The number of aromatic nitrogens is 3. The van der Waals surface area contributed by atoms with Crippen LogP contribution in [-0.2, 0) is 16.1 Å². The van der Waals surface area contributed by atoms with E-state index in [9.17, 15) is 4.79 Å². The van der Waals surface area contributed by atoms with Crippen LogP contribution in [0.1, 0.15) is 6.92 Å². The molecule has 0 spiro atoms. The van der Waals surface area contributed by atoms with E-state index in [1.165, 1.54) is 4.57 Å². The fraction of sp³-hybridized carbons (Fsp3) is 0.500. The first kappa shape index (κ1) is 9.72. The highest BCUT2D eigenvalue weighted by atomic mass is 32.1. The molecule has 0 saturated heterocycles. The number of carbonyl (C=O) groups excluding carboxylic acids is 1. The lowest BCUT2D eigenvalue weighted by Crippen LogP contribution is -2.15. The Hall–Kier alpha value is -1.37. The van der Waals surface area contributed by atoms with Gasteiger partial charge in [-0.15, -0.1) is 5.10 Å². The van der Waals surface area contributed by atoms with Crippen LogP contribution >= 0.6 is 12.2 Å². The van der Waals surface area contributed by atoms with Crippen LogP contribution in [-0.4, -0.2) is 27.3 Å².